The van der Waals surface area contributed by atoms with Gasteiger partial charge in [0, 0.05) is 23.8 Å². The number of benzene rings is 1. The summed E-state index contributed by atoms with van der Waals surface area (Å²) in [6.07, 6.45) is 0. The van der Waals surface area contributed by atoms with Crippen molar-refractivity contribution in [3.8, 4) is 0 Å². The molecule has 0 aliphatic rings. The molecule has 5 heteroatoms. The molecule has 1 atom stereocenters. The van der Waals surface area contributed by atoms with E-state index in [-0.39, 0.29) is 11.8 Å². The molecule has 0 radical (unpaired) electrons. The summed E-state index contributed by atoms with van der Waals surface area (Å²) >= 11 is 3.30. The van der Waals surface area contributed by atoms with Crippen molar-refractivity contribution in [1.82, 2.24) is 5.32 Å². The van der Waals surface area contributed by atoms with Crippen LogP contribution in [0.15, 0.2) is 22.7 Å². The Balaban J connectivity index is 2.58. The van der Waals surface area contributed by atoms with E-state index in [2.05, 4.69) is 21.2 Å². The van der Waals surface area contributed by atoms with E-state index >= 15 is 0 Å². The lowest BCUT2D eigenvalue weighted by Crippen LogP contribution is -2.30. The molecule has 4 nitrogen and oxygen atoms in total. The Kier molecular flexibility index (Phi) is 5.44. The van der Waals surface area contributed by atoms with E-state index in [0.717, 1.165) is 4.47 Å². The molecule has 1 amide bonds. The average molecular weight is 301 g/mol. The summed E-state index contributed by atoms with van der Waals surface area (Å²) in [5.74, 6) is 0.124. The van der Waals surface area contributed by atoms with E-state index in [1.54, 1.807) is 25.3 Å². The second-order valence-electron chi connectivity index (χ2n) is 4.00. The first kappa shape index (κ1) is 14.0. The number of amides is 1. The number of nitrogens with two attached hydrogens (primary N) is 1. The van der Waals surface area contributed by atoms with Gasteiger partial charge in [0.2, 0.25) is 0 Å². The second kappa shape index (κ2) is 6.61. The molecule has 0 saturated heterocycles. The summed E-state index contributed by atoms with van der Waals surface area (Å²) in [5, 5.41) is 2.83. The van der Waals surface area contributed by atoms with Crippen molar-refractivity contribution in [3.63, 3.8) is 0 Å². The third kappa shape index (κ3) is 4.36. The predicted molar refractivity (Wildman–Crippen MR) is 71.9 cm³/mol. The number of halogens is 1. The molecule has 0 aliphatic carbocycles. The number of nitrogen functional groups attached to an aromatic ring is 1. The van der Waals surface area contributed by atoms with Crippen molar-refractivity contribution in [2.75, 3.05) is 26.0 Å². The van der Waals surface area contributed by atoms with Gasteiger partial charge in [-0.05, 0) is 24.1 Å². The van der Waals surface area contributed by atoms with Crippen LogP contribution in [-0.4, -0.2) is 26.2 Å². The summed E-state index contributed by atoms with van der Waals surface area (Å²) in [4.78, 5) is 11.8. The largest absolute Gasteiger partial charge is 0.398 e. The van der Waals surface area contributed by atoms with Crippen molar-refractivity contribution in [2.45, 2.75) is 6.92 Å². The first-order valence-electron chi connectivity index (χ1n) is 5.36. The maximum absolute atomic E-state index is 11.8. The van der Waals surface area contributed by atoms with E-state index in [1.807, 2.05) is 6.92 Å². The van der Waals surface area contributed by atoms with Crippen LogP contribution in [0.1, 0.15) is 17.3 Å². The van der Waals surface area contributed by atoms with Gasteiger partial charge in [0.25, 0.3) is 5.91 Å². The van der Waals surface area contributed by atoms with Gasteiger partial charge in [-0.25, -0.2) is 0 Å². The van der Waals surface area contributed by atoms with Gasteiger partial charge in [0.15, 0.2) is 0 Å². The molecular weight excluding hydrogens is 284 g/mol. The Labute approximate surface area is 110 Å². The number of carbonyl (C=O) groups is 1. The topological polar surface area (TPSA) is 64.3 Å². The summed E-state index contributed by atoms with van der Waals surface area (Å²) in [6, 6.07) is 5.22. The zero-order chi connectivity index (χ0) is 12.8. The molecule has 1 aromatic carbocycles. The van der Waals surface area contributed by atoms with Crippen LogP contribution in [-0.2, 0) is 4.74 Å². The summed E-state index contributed by atoms with van der Waals surface area (Å²) in [6.45, 7) is 3.20. The Morgan fingerprint density at radius 1 is 1.59 bits per heavy atom. The smallest absolute Gasteiger partial charge is 0.253 e. The lowest BCUT2D eigenvalue weighted by Gasteiger charge is -2.12. The highest BCUT2D eigenvalue weighted by Crippen LogP contribution is 2.18. The molecule has 3 N–H and O–H groups in total. The zero-order valence-electron chi connectivity index (χ0n) is 10.00. The molecule has 0 saturated carbocycles. The van der Waals surface area contributed by atoms with Crippen molar-refractivity contribution >= 4 is 27.5 Å². The molecule has 17 heavy (non-hydrogen) atoms. The summed E-state index contributed by atoms with van der Waals surface area (Å²) < 4.78 is 5.86. The van der Waals surface area contributed by atoms with Crippen LogP contribution in [0.2, 0.25) is 0 Å². The van der Waals surface area contributed by atoms with Gasteiger partial charge < -0.3 is 15.8 Å². The minimum atomic E-state index is -0.155. The monoisotopic (exact) mass is 300 g/mol. The molecule has 0 heterocycles. The lowest BCUT2D eigenvalue weighted by molar-refractivity contribution is 0.0935. The van der Waals surface area contributed by atoms with E-state index in [1.165, 1.54) is 0 Å². The molecule has 0 bridgehead atoms. The number of ether oxygens (including phenoxy) is 1. The van der Waals surface area contributed by atoms with Crippen LogP contribution in [0.3, 0.4) is 0 Å². The highest BCUT2D eigenvalue weighted by Gasteiger charge is 2.10. The molecule has 0 aromatic heterocycles. The number of rotatable bonds is 5. The molecule has 0 aliphatic heterocycles. The van der Waals surface area contributed by atoms with Gasteiger partial charge in [-0.1, -0.05) is 22.9 Å². The Hall–Kier alpha value is -1.07. The maximum atomic E-state index is 11.8. The zero-order valence-corrected chi connectivity index (χ0v) is 11.6. The SMILES string of the molecule is COCC(C)CNC(=O)c1ccc(Br)cc1N. The average Bonchev–Trinajstić information content (AvgIpc) is 2.26. The molecule has 1 rings (SSSR count). The molecule has 0 spiro atoms. The molecule has 0 fully saturated rings. The van der Waals surface area contributed by atoms with Crippen molar-refractivity contribution < 1.29 is 9.53 Å². The van der Waals surface area contributed by atoms with Crippen LogP contribution in [0.5, 0.6) is 0 Å². The van der Waals surface area contributed by atoms with Gasteiger partial charge in [0.05, 0.1) is 12.2 Å². The number of nitrogens with one attached hydrogen (secondary N) is 1. The second-order valence-corrected chi connectivity index (χ2v) is 4.92. The van der Waals surface area contributed by atoms with Crippen LogP contribution >= 0.6 is 15.9 Å². The Bertz CT molecular complexity index is 396. The Morgan fingerprint density at radius 3 is 2.88 bits per heavy atom. The number of carbonyl (C=O) groups excluding carboxylic acids is 1. The van der Waals surface area contributed by atoms with E-state index in [4.69, 9.17) is 10.5 Å². The number of hydrogen-bond acceptors (Lipinski definition) is 3. The fourth-order valence-electron chi connectivity index (χ4n) is 1.45. The van der Waals surface area contributed by atoms with E-state index in [0.29, 0.717) is 24.4 Å². The minimum Gasteiger partial charge on any atom is -0.398 e. The van der Waals surface area contributed by atoms with Gasteiger partial charge in [-0.2, -0.15) is 0 Å². The fraction of sp³-hybridized carbons (Fsp3) is 0.417. The van der Waals surface area contributed by atoms with Crippen LogP contribution in [0.25, 0.3) is 0 Å². The number of anilines is 1. The van der Waals surface area contributed by atoms with Crippen molar-refractivity contribution in [3.05, 3.63) is 28.2 Å². The van der Waals surface area contributed by atoms with Crippen molar-refractivity contribution in [1.29, 1.82) is 0 Å². The first-order chi connectivity index (χ1) is 8.04. The van der Waals surface area contributed by atoms with Crippen LogP contribution in [0.4, 0.5) is 5.69 Å². The standard InChI is InChI=1S/C12H17BrN2O2/c1-8(7-17-2)6-15-12(16)10-4-3-9(13)5-11(10)14/h3-5,8H,6-7,14H2,1-2H3,(H,15,16). The van der Waals surface area contributed by atoms with Gasteiger partial charge in [-0.3, -0.25) is 4.79 Å². The molecule has 1 unspecified atom stereocenters. The third-order valence-corrected chi connectivity index (χ3v) is 2.81. The summed E-state index contributed by atoms with van der Waals surface area (Å²) in [5.41, 5.74) is 6.74. The van der Waals surface area contributed by atoms with Gasteiger partial charge >= 0.3 is 0 Å². The molecule has 94 valence electrons. The lowest BCUT2D eigenvalue weighted by atomic mass is 10.1. The first-order valence-corrected chi connectivity index (χ1v) is 6.16. The maximum Gasteiger partial charge on any atom is 0.253 e. The van der Waals surface area contributed by atoms with Crippen LogP contribution < -0.4 is 11.1 Å². The van der Waals surface area contributed by atoms with Crippen molar-refractivity contribution in [2.24, 2.45) is 5.92 Å². The highest BCUT2D eigenvalue weighted by atomic mass is 79.9. The quantitative estimate of drug-likeness (QED) is 0.818. The molecular formula is C12H17BrN2O2. The number of hydrogen-bond donors (Lipinski definition) is 2. The van der Waals surface area contributed by atoms with Gasteiger partial charge in [-0.15, -0.1) is 0 Å². The van der Waals surface area contributed by atoms with Gasteiger partial charge in [0.1, 0.15) is 0 Å². The van der Waals surface area contributed by atoms with E-state index < -0.39 is 0 Å². The van der Waals surface area contributed by atoms with E-state index in [9.17, 15) is 4.79 Å². The fourth-order valence-corrected chi connectivity index (χ4v) is 1.82. The normalized spacial score (nSPS) is 12.2. The third-order valence-electron chi connectivity index (χ3n) is 2.32. The summed E-state index contributed by atoms with van der Waals surface area (Å²) in [7, 11) is 1.64. The minimum absolute atomic E-state index is 0.155. The Morgan fingerprint density at radius 2 is 2.29 bits per heavy atom. The predicted octanol–water partition coefficient (Wildman–Crippen LogP) is 2.04. The number of methoxy groups -OCH3 is 1. The highest BCUT2D eigenvalue weighted by molar-refractivity contribution is 9.10. The van der Waals surface area contributed by atoms with Crippen LogP contribution in [0, 0.1) is 5.92 Å². The molecule has 1 aromatic rings.